The molecule has 0 radical (unpaired) electrons. The van der Waals surface area contributed by atoms with E-state index in [0.29, 0.717) is 6.54 Å². The summed E-state index contributed by atoms with van der Waals surface area (Å²) in [5, 5.41) is 9.31. The molecule has 1 aromatic rings. The first-order chi connectivity index (χ1) is 19.0. The predicted molar refractivity (Wildman–Crippen MR) is 155 cm³/mol. The number of benzene rings is 1. The van der Waals surface area contributed by atoms with E-state index < -0.39 is 22.8 Å². The van der Waals surface area contributed by atoms with Gasteiger partial charge in [-0.1, -0.05) is 25.7 Å². The van der Waals surface area contributed by atoms with E-state index in [9.17, 15) is 18.0 Å². The Labute approximate surface area is 242 Å². The summed E-state index contributed by atoms with van der Waals surface area (Å²) in [5.41, 5.74) is -2.46. The van der Waals surface area contributed by atoms with Crippen LogP contribution in [0.2, 0.25) is 0 Å². The van der Waals surface area contributed by atoms with Crippen LogP contribution in [0.25, 0.3) is 0 Å². The smallest absolute Gasteiger partial charge is 0.334 e. The number of nitrogens with zero attached hydrogens (tertiary/aromatic N) is 5. The fourth-order valence-corrected chi connectivity index (χ4v) is 6.90. The van der Waals surface area contributed by atoms with Gasteiger partial charge in [-0.2, -0.15) is 18.4 Å². The molecule has 0 bridgehead atoms. The summed E-state index contributed by atoms with van der Waals surface area (Å²) >= 11 is 5.59. The van der Waals surface area contributed by atoms with Gasteiger partial charge in [0.25, 0.3) is 5.91 Å². The minimum absolute atomic E-state index is 0.0394. The second-order valence-electron chi connectivity index (χ2n) is 11.9. The van der Waals surface area contributed by atoms with Gasteiger partial charge in [-0.15, -0.1) is 0 Å². The number of carbonyl (C=O) groups excluding carboxylic acids is 1. The lowest BCUT2D eigenvalue weighted by atomic mass is 10.0. The van der Waals surface area contributed by atoms with Gasteiger partial charge in [0.1, 0.15) is 5.54 Å². The van der Waals surface area contributed by atoms with Crippen molar-refractivity contribution >= 4 is 28.9 Å². The van der Waals surface area contributed by atoms with E-state index >= 15 is 0 Å². The van der Waals surface area contributed by atoms with Crippen molar-refractivity contribution in [3.63, 3.8) is 0 Å². The Morgan fingerprint density at radius 2 is 1.65 bits per heavy atom. The van der Waals surface area contributed by atoms with Crippen LogP contribution < -0.4 is 4.90 Å². The molecule has 6 nitrogen and oxygen atoms in total. The molecular weight excluding hydrogens is 535 g/mol. The number of alkyl halides is 3. The number of carbonyl (C=O) groups is 1. The first kappa shape index (κ1) is 30.7. The molecule has 0 saturated carbocycles. The Balaban J connectivity index is 1.21. The van der Waals surface area contributed by atoms with Crippen molar-refractivity contribution in [1.82, 2.24) is 14.7 Å². The topological polar surface area (TPSA) is 53.8 Å². The van der Waals surface area contributed by atoms with Gasteiger partial charge in [0.15, 0.2) is 5.11 Å². The highest BCUT2D eigenvalue weighted by molar-refractivity contribution is 7.80. The Morgan fingerprint density at radius 3 is 2.30 bits per heavy atom. The number of nitriles is 1. The highest BCUT2D eigenvalue weighted by Crippen LogP contribution is 2.38. The third-order valence-corrected chi connectivity index (χ3v) is 9.16. The minimum Gasteiger partial charge on any atom is -0.334 e. The van der Waals surface area contributed by atoms with Crippen molar-refractivity contribution in [3.05, 3.63) is 29.3 Å². The highest BCUT2D eigenvalue weighted by Gasteiger charge is 2.49. The number of likely N-dealkylation sites (tertiary alicyclic amines) is 2. The van der Waals surface area contributed by atoms with Crippen molar-refractivity contribution in [2.24, 2.45) is 0 Å². The normalized spacial score (nSPS) is 22.1. The van der Waals surface area contributed by atoms with Gasteiger partial charge in [-0.3, -0.25) is 14.6 Å². The number of thiocarbonyl (C=S) groups is 1. The standard InChI is InChI=1S/C30H42F3N5OS/c1-29(2)27(39)38(24-14-13-23(21-34)26(20-24)30(31,32)33)28(40)37(29)19-8-6-4-3-5-7-17-36-18-11-12-25(36)22-35-15-9-10-16-35/h13-14,20,25H,3-12,15-19,22H2,1-2H3/t25-/m0/s1. The molecule has 4 rings (SSSR count). The number of hydrogen-bond donors (Lipinski definition) is 0. The Kier molecular flexibility index (Phi) is 10.1. The van der Waals surface area contributed by atoms with Crippen molar-refractivity contribution in [3.8, 4) is 6.07 Å². The van der Waals surface area contributed by atoms with Gasteiger partial charge in [0.2, 0.25) is 0 Å². The molecule has 220 valence electrons. The summed E-state index contributed by atoms with van der Waals surface area (Å²) in [6.07, 6.45) is 7.25. The number of hydrogen-bond acceptors (Lipinski definition) is 5. The highest BCUT2D eigenvalue weighted by atomic mass is 32.1. The molecule has 3 heterocycles. The lowest BCUT2D eigenvalue weighted by molar-refractivity contribution is -0.137. The minimum atomic E-state index is -4.70. The first-order valence-electron chi connectivity index (χ1n) is 14.8. The second kappa shape index (κ2) is 13.2. The maximum atomic E-state index is 13.5. The number of anilines is 1. The molecule has 1 atom stereocenters. The Hall–Kier alpha value is -2.22. The lowest BCUT2D eigenvalue weighted by Crippen LogP contribution is -2.44. The summed E-state index contributed by atoms with van der Waals surface area (Å²) in [7, 11) is 0. The average Bonchev–Trinajstić information content (AvgIpc) is 3.62. The predicted octanol–water partition coefficient (Wildman–Crippen LogP) is 6.19. The summed E-state index contributed by atoms with van der Waals surface area (Å²) in [5.74, 6) is -0.361. The molecule has 10 heteroatoms. The quantitative estimate of drug-likeness (QED) is 0.218. The molecule has 1 aromatic carbocycles. The molecule has 0 spiro atoms. The van der Waals surface area contributed by atoms with Crippen LogP contribution in [0, 0.1) is 11.3 Å². The molecule has 0 N–H and O–H groups in total. The molecule has 0 aromatic heterocycles. The molecule has 3 aliphatic heterocycles. The van der Waals surface area contributed by atoms with Crippen LogP contribution >= 0.6 is 12.2 Å². The first-order valence-corrected chi connectivity index (χ1v) is 15.2. The van der Waals surface area contributed by atoms with Crippen LogP contribution in [0.5, 0.6) is 0 Å². The van der Waals surface area contributed by atoms with E-state index in [-0.39, 0.29) is 16.7 Å². The van der Waals surface area contributed by atoms with Crippen LogP contribution in [0.15, 0.2) is 18.2 Å². The van der Waals surface area contributed by atoms with E-state index in [1.165, 1.54) is 88.6 Å². The van der Waals surface area contributed by atoms with Gasteiger partial charge in [0.05, 0.1) is 22.9 Å². The Bertz CT molecular complexity index is 1100. The number of rotatable bonds is 12. The lowest BCUT2D eigenvalue weighted by Gasteiger charge is -2.29. The van der Waals surface area contributed by atoms with Gasteiger partial charge in [-0.05, 0) is 109 Å². The SMILES string of the molecule is CC1(C)C(=O)N(c2ccc(C#N)c(C(F)(F)F)c2)C(=S)N1CCCCCCCCN1CCC[C@H]1CN1CCCC1. The zero-order valence-corrected chi connectivity index (χ0v) is 24.6. The number of amides is 1. The molecule has 1 amide bonds. The van der Waals surface area contributed by atoms with Crippen molar-refractivity contribution in [2.75, 3.05) is 44.2 Å². The molecule has 3 fully saturated rings. The third kappa shape index (κ3) is 6.97. The molecule has 40 heavy (non-hydrogen) atoms. The Morgan fingerprint density at radius 1 is 1.00 bits per heavy atom. The van der Waals surface area contributed by atoms with E-state index in [1.54, 1.807) is 19.9 Å². The number of halogens is 3. The van der Waals surface area contributed by atoms with E-state index in [2.05, 4.69) is 9.80 Å². The van der Waals surface area contributed by atoms with Crippen LogP contribution in [-0.4, -0.2) is 76.6 Å². The number of unbranched alkanes of at least 4 members (excludes halogenated alkanes) is 5. The van der Waals surface area contributed by atoms with Crippen molar-refractivity contribution in [1.29, 1.82) is 5.26 Å². The van der Waals surface area contributed by atoms with Gasteiger partial charge in [0, 0.05) is 19.1 Å². The molecule has 0 aliphatic carbocycles. The summed E-state index contributed by atoms with van der Waals surface area (Å²) in [6, 6.07) is 5.61. The summed E-state index contributed by atoms with van der Waals surface area (Å²) < 4.78 is 40.5. The van der Waals surface area contributed by atoms with Crippen LogP contribution in [0.3, 0.4) is 0 Å². The van der Waals surface area contributed by atoms with Crippen LogP contribution in [-0.2, 0) is 11.0 Å². The van der Waals surface area contributed by atoms with Crippen LogP contribution in [0.1, 0.15) is 89.2 Å². The van der Waals surface area contributed by atoms with E-state index in [0.717, 1.165) is 37.4 Å². The molecule has 3 aliphatic rings. The monoisotopic (exact) mass is 577 g/mol. The summed E-state index contributed by atoms with van der Waals surface area (Å²) in [4.78, 5) is 21.6. The fraction of sp³-hybridized carbons (Fsp3) is 0.700. The van der Waals surface area contributed by atoms with Crippen molar-refractivity contribution < 1.29 is 18.0 Å². The largest absolute Gasteiger partial charge is 0.417 e. The van der Waals surface area contributed by atoms with Crippen LogP contribution in [0.4, 0.5) is 18.9 Å². The fourth-order valence-electron chi connectivity index (χ4n) is 6.39. The van der Waals surface area contributed by atoms with Gasteiger partial charge in [-0.25, -0.2) is 0 Å². The van der Waals surface area contributed by atoms with E-state index in [4.69, 9.17) is 17.5 Å². The van der Waals surface area contributed by atoms with E-state index in [1.807, 2.05) is 4.90 Å². The molecular formula is C30H42F3N5OS. The average molecular weight is 578 g/mol. The maximum Gasteiger partial charge on any atom is 0.417 e. The third-order valence-electron chi connectivity index (χ3n) is 8.75. The molecule has 3 saturated heterocycles. The molecule has 0 unspecified atom stereocenters. The zero-order chi connectivity index (χ0) is 28.9. The van der Waals surface area contributed by atoms with Crippen molar-refractivity contribution in [2.45, 2.75) is 95.8 Å². The maximum absolute atomic E-state index is 13.5. The zero-order valence-electron chi connectivity index (χ0n) is 23.8. The second-order valence-corrected chi connectivity index (χ2v) is 12.3. The van der Waals surface area contributed by atoms with Gasteiger partial charge >= 0.3 is 6.18 Å². The van der Waals surface area contributed by atoms with Gasteiger partial charge < -0.3 is 9.80 Å². The summed E-state index contributed by atoms with van der Waals surface area (Å²) in [6.45, 7) is 10.3.